The highest BCUT2D eigenvalue weighted by molar-refractivity contribution is 5.99. The van der Waals surface area contributed by atoms with Gasteiger partial charge in [0, 0.05) is 19.8 Å². The molecule has 0 radical (unpaired) electrons. The Morgan fingerprint density at radius 1 is 1.29 bits per heavy atom. The molecule has 1 fully saturated rings. The number of hydrogen-bond donors (Lipinski definition) is 3. The van der Waals surface area contributed by atoms with Crippen molar-refractivity contribution < 1.29 is 9.53 Å². The monoisotopic (exact) mass is 325 g/mol. The summed E-state index contributed by atoms with van der Waals surface area (Å²) in [5.41, 5.74) is 2.89. The van der Waals surface area contributed by atoms with E-state index in [0.717, 1.165) is 37.1 Å². The highest BCUT2D eigenvalue weighted by atomic mass is 16.5. The second-order valence-electron chi connectivity index (χ2n) is 6.03. The average Bonchev–Trinajstić information content (AvgIpc) is 3.26. The summed E-state index contributed by atoms with van der Waals surface area (Å²) in [5, 5.41) is 9.90. The van der Waals surface area contributed by atoms with E-state index in [1.165, 1.54) is 0 Å². The zero-order chi connectivity index (χ0) is 16.4. The van der Waals surface area contributed by atoms with Crippen molar-refractivity contribution >= 4 is 16.9 Å². The van der Waals surface area contributed by atoms with E-state index in [0.29, 0.717) is 29.5 Å². The van der Waals surface area contributed by atoms with Gasteiger partial charge in [-0.1, -0.05) is 12.1 Å². The first-order valence-electron chi connectivity index (χ1n) is 8.15. The van der Waals surface area contributed by atoms with Gasteiger partial charge >= 0.3 is 0 Å². The number of aromatic nitrogens is 4. The molecule has 0 bridgehead atoms. The quantitative estimate of drug-likeness (QED) is 0.684. The van der Waals surface area contributed by atoms with Crippen molar-refractivity contribution in [1.82, 2.24) is 25.5 Å². The normalized spacial score (nSPS) is 15.7. The van der Waals surface area contributed by atoms with Gasteiger partial charge in [-0.2, -0.15) is 5.10 Å². The molecule has 0 aliphatic carbocycles. The maximum Gasteiger partial charge on any atom is 0.255 e. The van der Waals surface area contributed by atoms with Crippen molar-refractivity contribution in [3.8, 4) is 11.5 Å². The van der Waals surface area contributed by atoms with Crippen LogP contribution in [0.3, 0.4) is 0 Å². The molecule has 3 aromatic rings. The topological polar surface area (TPSA) is 95.7 Å². The van der Waals surface area contributed by atoms with Gasteiger partial charge in [-0.05, 0) is 30.9 Å². The van der Waals surface area contributed by atoms with Crippen molar-refractivity contribution in [2.24, 2.45) is 5.92 Å². The molecule has 1 amide bonds. The van der Waals surface area contributed by atoms with Crippen LogP contribution in [0.1, 0.15) is 23.2 Å². The third-order valence-electron chi connectivity index (χ3n) is 4.40. The van der Waals surface area contributed by atoms with E-state index < -0.39 is 0 Å². The van der Waals surface area contributed by atoms with E-state index in [2.05, 4.69) is 25.5 Å². The van der Waals surface area contributed by atoms with Crippen LogP contribution in [0.5, 0.6) is 0 Å². The molecule has 1 aliphatic rings. The molecule has 0 atom stereocenters. The Morgan fingerprint density at radius 3 is 2.96 bits per heavy atom. The molecule has 7 nitrogen and oxygen atoms in total. The lowest BCUT2D eigenvalue weighted by Crippen LogP contribution is -2.32. The van der Waals surface area contributed by atoms with Crippen LogP contribution in [0, 0.1) is 5.92 Å². The Balaban J connectivity index is 1.52. The Morgan fingerprint density at radius 2 is 2.12 bits per heavy atom. The van der Waals surface area contributed by atoms with Gasteiger partial charge in [-0.25, -0.2) is 4.98 Å². The van der Waals surface area contributed by atoms with E-state index in [-0.39, 0.29) is 5.91 Å². The molecular weight excluding hydrogens is 306 g/mol. The maximum atomic E-state index is 12.5. The van der Waals surface area contributed by atoms with Crippen LogP contribution in [0.2, 0.25) is 0 Å². The number of ether oxygens (including phenoxy) is 1. The second-order valence-corrected chi connectivity index (χ2v) is 6.03. The summed E-state index contributed by atoms with van der Waals surface area (Å²) in [4.78, 5) is 20.3. The molecule has 124 valence electrons. The summed E-state index contributed by atoms with van der Waals surface area (Å²) in [6.45, 7) is 2.21. The Labute approximate surface area is 138 Å². The molecule has 7 heteroatoms. The minimum atomic E-state index is -0.134. The van der Waals surface area contributed by atoms with Gasteiger partial charge < -0.3 is 15.0 Å². The predicted molar refractivity (Wildman–Crippen MR) is 89.6 cm³/mol. The molecule has 1 saturated heterocycles. The number of carbonyl (C=O) groups is 1. The van der Waals surface area contributed by atoms with E-state index >= 15 is 0 Å². The fourth-order valence-electron chi connectivity index (χ4n) is 2.99. The number of para-hydroxylation sites is 2. The zero-order valence-corrected chi connectivity index (χ0v) is 13.2. The van der Waals surface area contributed by atoms with Crippen molar-refractivity contribution in [1.29, 1.82) is 0 Å². The number of H-pyrrole nitrogens is 2. The molecule has 2 aromatic heterocycles. The number of carbonyl (C=O) groups excluding carboxylic acids is 1. The van der Waals surface area contributed by atoms with Gasteiger partial charge in [-0.3, -0.25) is 9.89 Å². The van der Waals surface area contributed by atoms with E-state index in [1.54, 1.807) is 6.20 Å². The van der Waals surface area contributed by atoms with Gasteiger partial charge in [0.25, 0.3) is 5.91 Å². The predicted octanol–water partition coefficient (Wildman–Crippen LogP) is 2.11. The van der Waals surface area contributed by atoms with Crippen molar-refractivity contribution in [2.45, 2.75) is 12.8 Å². The standard InChI is InChI=1S/C17H19N5O2/c23-17(18-9-11-5-7-24-8-6-11)12-10-19-22-15(12)16-20-13-3-1-2-4-14(13)21-16/h1-4,10-11H,5-9H2,(H,18,23)(H,19,22)(H,20,21). The van der Waals surface area contributed by atoms with Crippen LogP contribution >= 0.6 is 0 Å². The lowest BCUT2D eigenvalue weighted by molar-refractivity contribution is 0.0643. The zero-order valence-electron chi connectivity index (χ0n) is 13.2. The number of amides is 1. The van der Waals surface area contributed by atoms with Gasteiger partial charge in [0.05, 0.1) is 22.8 Å². The molecule has 0 spiro atoms. The van der Waals surface area contributed by atoms with Gasteiger partial charge in [0.2, 0.25) is 0 Å². The Hall–Kier alpha value is -2.67. The van der Waals surface area contributed by atoms with Crippen molar-refractivity contribution in [3.05, 3.63) is 36.0 Å². The number of nitrogens with one attached hydrogen (secondary N) is 3. The summed E-state index contributed by atoms with van der Waals surface area (Å²) in [5.74, 6) is 0.958. The van der Waals surface area contributed by atoms with Gasteiger partial charge in [0.1, 0.15) is 5.69 Å². The largest absolute Gasteiger partial charge is 0.381 e. The minimum Gasteiger partial charge on any atom is -0.381 e. The molecule has 3 heterocycles. The Kier molecular flexibility index (Phi) is 4.00. The lowest BCUT2D eigenvalue weighted by Gasteiger charge is -2.22. The van der Waals surface area contributed by atoms with Crippen molar-refractivity contribution in [3.63, 3.8) is 0 Å². The molecule has 3 N–H and O–H groups in total. The number of benzene rings is 1. The number of hydrogen-bond acceptors (Lipinski definition) is 4. The number of nitrogens with zero attached hydrogens (tertiary/aromatic N) is 2. The first-order chi connectivity index (χ1) is 11.8. The third kappa shape index (κ3) is 2.90. The first kappa shape index (κ1) is 14.9. The van der Waals surface area contributed by atoms with Gasteiger partial charge in [0.15, 0.2) is 5.82 Å². The number of rotatable bonds is 4. The minimum absolute atomic E-state index is 0.134. The van der Waals surface area contributed by atoms with Crippen LogP contribution in [0.4, 0.5) is 0 Å². The van der Waals surface area contributed by atoms with Crippen LogP contribution in [-0.2, 0) is 4.74 Å². The summed E-state index contributed by atoms with van der Waals surface area (Å²) >= 11 is 0. The number of imidazole rings is 1. The lowest BCUT2D eigenvalue weighted by atomic mass is 10.0. The number of aromatic amines is 2. The second kappa shape index (κ2) is 6.45. The van der Waals surface area contributed by atoms with E-state index in [1.807, 2.05) is 24.3 Å². The maximum absolute atomic E-state index is 12.5. The molecule has 1 aromatic carbocycles. The van der Waals surface area contributed by atoms with Crippen LogP contribution in [0.25, 0.3) is 22.6 Å². The molecule has 0 unspecified atom stereocenters. The fourth-order valence-corrected chi connectivity index (χ4v) is 2.99. The van der Waals surface area contributed by atoms with E-state index in [4.69, 9.17) is 4.74 Å². The van der Waals surface area contributed by atoms with Crippen LogP contribution in [0.15, 0.2) is 30.5 Å². The smallest absolute Gasteiger partial charge is 0.255 e. The molecule has 0 saturated carbocycles. The summed E-state index contributed by atoms with van der Waals surface area (Å²) in [6.07, 6.45) is 3.52. The number of fused-ring (bicyclic) bond motifs is 1. The molecular formula is C17H19N5O2. The first-order valence-corrected chi connectivity index (χ1v) is 8.15. The summed E-state index contributed by atoms with van der Waals surface area (Å²) in [7, 11) is 0. The highest BCUT2D eigenvalue weighted by Gasteiger charge is 2.20. The molecule has 4 rings (SSSR count). The molecule has 1 aliphatic heterocycles. The summed E-state index contributed by atoms with van der Waals surface area (Å²) in [6, 6.07) is 7.75. The van der Waals surface area contributed by atoms with Crippen LogP contribution in [-0.4, -0.2) is 45.8 Å². The molecule has 24 heavy (non-hydrogen) atoms. The Bertz CT molecular complexity index is 814. The van der Waals surface area contributed by atoms with Crippen LogP contribution < -0.4 is 5.32 Å². The van der Waals surface area contributed by atoms with E-state index in [9.17, 15) is 4.79 Å². The highest BCUT2D eigenvalue weighted by Crippen LogP contribution is 2.22. The van der Waals surface area contributed by atoms with Gasteiger partial charge in [-0.15, -0.1) is 0 Å². The third-order valence-corrected chi connectivity index (χ3v) is 4.40. The fraction of sp³-hybridized carbons (Fsp3) is 0.353. The SMILES string of the molecule is O=C(NCC1CCOCC1)c1cn[nH]c1-c1nc2ccccc2[nH]1. The van der Waals surface area contributed by atoms with Crippen molar-refractivity contribution in [2.75, 3.05) is 19.8 Å². The summed E-state index contributed by atoms with van der Waals surface area (Å²) < 4.78 is 5.34. The average molecular weight is 325 g/mol.